The lowest BCUT2D eigenvalue weighted by Crippen LogP contribution is -2.38. The predicted octanol–water partition coefficient (Wildman–Crippen LogP) is 2.83. The quantitative estimate of drug-likeness (QED) is 0.526. The molecule has 2 aromatic carbocycles. The molecule has 0 radical (unpaired) electrons. The molecule has 1 atom stereocenters. The van der Waals surface area contributed by atoms with Crippen molar-refractivity contribution in [2.45, 2.75) is 33.0 Å². The highest BCUT2D eigenvalue weighted by molar-refractivity contribution is 5.79. The van der Waals surface area contributed by atoms with Crippen LogP contribution in [0.3, 0.4) is 0 Å². The maximum atomic E-state index is 11.3. The Kier molecular flexibility index (Phi) is 6.62. The molecule has 0 bridgehead atoms. The van der Waals surface area contributed by atoms with Crippen molar-refractivity contribution in [3.63, 3.8) is 0 Å². The zero-order chi connectivity index (χ0) is 19.9. The van der Waals surface area contributed by atoms with Crippen molar-refractivity contribution in [1.29, 1.82) is 0 Å². The molecule has 3 aromatic rings. The van der Waals surface area contributed by atoms with Gasteiger partial charge < -0.3 is 19.8 Å². The van der Waals surface area contributed by atoms with E-state index in [2.05, 4.69) is 9.88 Å². The number of imidazole rings is 1. The number of nitrogens with one attached hydrogen (secondary N) is 1. The molecule has 0 saturated carbocycles. The first kappa shape index (κ1) is 19.9. The molecule has 0 unspecified atom stereocenters. The van der Waals surface area contributed by atoms with Crippen molar-refractivity contribution in [2.24, 2.45) is 5.73 Å². The summed E-state index contributed by atoms with van der Waals surface area (Å²) in [5.74, 6) is 1.94. The molecule has 7 heteroatoms. The molecule has 3 N–H and O–H groups in total. The second-order valence-electron chi connectivity index (χ2n) is 6.45. The van der Waals surface area contributed by atoms with Crippen LogP contribution in [0.15, 0.2) is 48.5 Å². The van der Waals surface area contributed by atoms with Gasteiger partial charge in [-0.15, -0.1) is 0 Å². The van der Waals surface area contributed by atoms with Gasteiger partial charge in [-0.05, 0) is 38.1 Å². The fourth-order valence-corrected chi connectivity index (χ4v) is 2.87. The van der Waals surface area contributed by atoms with E-state index in [4.69, 9.17) is 20.2 Å². The second-order valence-corrected chi connectivity index (χ2v) is 6.45. The van der Waals surface area contributed by atoms with Crippen LogP contribution in [0.1, 0.15) is 19.7 Å². The normalized spacial score (nSPS) is 12.2. The first-order valence-electron chi connectivity index (χ1n) is 9.41. The number of primary amides is 1. The molecule has 1 aromatic heterocycles. The summed E-state index contributed by atoms with van der Waals surface area (Å²) in [6, 6.07) is 15.0. The SMILES string of the molecule is CCOCCn1c(CN[C@@H](C)C(N)=O)nc2ccc(Oc3ccccc3)cc21. The third-order valence-electron chi connectivity index (χ3n) is 4.43. The van der Waals surface area contributed by atoms with Gasteiger partial charge in [0.05, 0.1) is 30.2 Å². The summed E-state index contributed by atoms with van der Waals surface area (Å²) in [6.07, 6.45) is 0. The van der Waals surface area contributed by atoms with Crippen molar-refractivity contribution in [3.05, 3.63) is 54.4 Å². The number of fused-ring (bicyclic) bond motifs is 1. The summed E-state index contributed by atoms with van der Waals surface area (Å²) in [4.78, 5) is 16.0. The number of carbonyl (C=O) groups excluding carboxylic acids is 1. The highest BCUT2D eigenvalue weighted by Gasteiger charge is 2.14. The van der Waals surface area contributed by atoms with E-state index in [9.17, 15) is 4.79 Å². The van der Waals surface area contributed by atoms with Gasteiger partial charge in [0.2, 0.25) is 5.91 Å². The van der Waals surface area contributed by atoms with Crippen LogP contribution in [0.4, 0.5) is 0 Å². The predicted molar refractivity (Wildman–Crippen MR) is 108 cm³/mol. The van der Waals surface area contributed by atoms with Gasteiger partial charge in [-0.25, -0.2) is 4.98 Å². The first-order chi connectivity index (χ1) is 13.6. The number of nitrogens with zero attached hydrogens (tertiary/aromatic N) is 2. The van der Waals surface area contributed by atoms with Gasteiger partial charge >= 0.3 is 0 Å². The van der Waals surface area contributed by atoms with Gasteiger partial charge in [-0.3, -0.25) is 10.1 Å². The Labute approximate surface area is 164 Å². The van der Waals surface area contributed by atoms with Gasteiger partial charge in [-0.2, -0.15) is 0 Å². The summed E-state index contributed by atoms with van der Waals surface area (Å²) in [5, 5.41) is 3.11. The second kappa shape index (κ2) is 9.34. The maximum Gasteiger partial charge on any atom is 0.234 e. The van der Waals surface area contributed by atoms with Crippen molar-refractivity contribution >= 4 is 16.9 Å². The van der Waals surface area contributed by atoms with E-state index in [0.717, 1.165) is 28.4 Å². The summed E-state index contributed by atoms with van der Waals surface area (Å²) < 4.78 is 13.6. The number of hydrogen-bond donors (Lipinski definition) is 2. The molecule has 0 aliphatic heterocycles. The number of ether oxygens (including phenoxy) is 2. The van der Waals surface area contributed by atoms with E-state index < -0.39 is 11.9 Å². The standard InChI is InChI=1S/C21H26N4O3/c1-3-27-12-11-25-19-13-17(28-16-7-5-4-6-8-16)9-10-18(19)24-20(25)14-23-15(2)21(22)26/h4-10,13,15,23H,3,11-12,14H2,1-2H3,(H2,22,26)/t15-/m0/s1. The lowest BCUT2D eigenvalue weighted by molar-refractivity contribution is -0.119. The maximum absolute atomic E-state index is 11.3. The summed E-state index contributed by atoms with van der Waals surface area (Å²) in [5.41, 5.74) is 7.16. The Morgan fingerprint density at radius 1 is 1.21 bits per heavy atom. The lowest BCUT2D eigenvalue weighted by Gasteiger charge is -2.13. The number of hydrogen-bond acceptors (Lipinski definition) is 5. The van der Waals surface area contributed by atoms with Crippen molar-refractivity contribution in [2.75, 3.05) is 13.2 Å². The lowest BCUT2D eigenvalue weighted by atomic mass is 10.3. The van der Waals surface area contributed by atoms with E-state index >= 15 is 0 Å². The fraction of sp³-hybridized carbons (Fsp3) is 0.333. The molecule has 0 saturated heterocycles. The average molecular weight is 382 g/mol. The van der Waals surface area contributed by atoms with Crippen LogP contribution < -0.4 is 15.8 Å². The highest BCUT2D eigenvalue weighted by atomic mass is 16.5. The van der Waals surface area contributed by atoms with Crippen LogP contribution in [0.25, 0.3) is 11.0 Å². The molecule has 1 amide bonds. The van der Waals surface area contributed by atoms with Crippen LogP contribution in [-0.2, 0) is 22.6 Å². The van der Waals surface area contributed by atoms with Crippen LogP contribution >= 0.6 is 0 Å². The first-order valence-corrected chi connectivity index (χ1v) is 9.41. The van der Waals surface area contributed by atoms with Crippen molar-refractivity contribution < 1.29 is 14.3 Å². The third kappa shape index (κ3) is 4.88. The Morgan fingerprint density at radius 2 is 2.00 bits per heavy atom. The number of carbonyl (C=O) groups is 1. The fourth-order valence-electron chi connectivity index (χ4n) is 2.87. The van der Waals surface area contributed by atoms with E-state index in [0.29, 0.717) is 26.3 Å². The van der Waals surface area contributed by atoms with Gasteiger partial charge in [0.15, 0.2) is 0 Å². The van der Waals surface area contributed by atoms with Crippen LogP contribution in [0, 0.1) is 0 Å². The Hall–Kier alpha value is -2.90. The zero-order valence-corrected chi connectivity index (χ0v) is 16.2. The van der Waals surface area contributed by atoms with Gasteiger partial charge in [0.25, 0.3) is 0 Å². The smallest absolute Gasteiger partial charge is 0.234 e. The van der Waals surface area contributed by atoms with Crippen LogP contribution in [-0.4, -0.2) is 34.7 Å². The van der Waals surface area contributed by atoms with Crippen LogP contribution in [0.5, 0.6) is 11.5 Å². The van der Waals surface area contributed by atoms with Gasteiger partial charge in [0.1, 0.15) is 17.3 Å². The number of aromatic nitrogens is 2. The molecular weight excluding hydrogens is 356 g/mol. The third-order valence-corrected chi connectivity index (χ3v) is 4.43. The average Bonchev–Trinajstić information content (AvgIpc) is 3.04. The topological polar surface area (TPSA) is 91.4 Å². The number of benzene rings is 2. The highest BCUT2D eigenvalue weighted by Crippen LogP contribution is 2.26. The van der Waals surface area contributed by atoms with Gasteiger partial charge in [-0.1, -0.05) is 18.2 Å². The number of nitrogens with two attached hydrogens (primary N) is 1. The molecule has 28 heavy (non-hydrogen) atoms. The minimum Gasteiger partial charge on any atom is -0.457 e. The van der Waals surface area contributed by atoms with E-state index in [1.807, 2.05) is 55.5 Å². The number of para-hydroxylation sites is 1. The Balaban J connectivity index is 1.88. The number of amides is 1. The zero-order valence-electron chi connectivity index (χ0n) is 16.2. The Morgan fingerprint density at radius 3 is 2.71 bits per heavy atom. The largest absolute Gasteiger partial charge is 0.457 e. The summed E-state index contributed by atoms with van der Waals surface area (Å²) in [7, 11) is 0. The molecule has 0 fully saturated rings. The summed E-state index contributed by atoms with van der Waals surface area (Å²) >= 11 is 0. The summed E-state index contributed by atoms with van der Waals surface area (Å²) in [6.45, 7) is 6.02. The molecular formula is C21H26N4O3. The van der Waals surface area contributed by atoms with Crippen LogP contribution in [0.2, 0.25) is 0 Å². The number of rotatable bonds is 10. The molecule has 7 nitrogen and oxygen atoms in total. The van der Waals surface area contributed by atoms with E-state index in [1.54, 1.807) is 6.92 Å². The minimum atomic E-state index is -0.433. The molecule has 0 aliphatic rings. The molecule has 148 valence electrons. The molecule has 0 aliphatic carbocycles. The van der Waals surface area contributed by atoms with Crippen molar-refractivity contribution in [3.8, 4) is 11.5 Å². The Bertz CT molecular complexity index is 924. The van der Waals surface area contributed by atoms with Crippen molar-refractivity contribution in [1.82, 2.24) is 14.9 Å². The van der Waals surface area contributed by atoms with E-state index in [1.165, 1.54) is 0 Å². The minimum absolute atomic E-state index is 0.393. The van der Waals surface area contributed by atoms with Gasteiger partial charge in [0, 0.05) is 19.2 Å². The monoisotopic (exact) mass is 382 g/mol. The molecule has 1 heterocycles. The molecule has 3 rings (SSSR count). The van der Waals surface area contributed by atoms with E-state index in [-0.39, 0.29) is 0 Å². The molecule has 0 spiro atoms.